The maximum atomic E-state index is 13.2. The highest BCUT2D eigenvalue weighted by Gasteiger charge is 2.16. The van der Waals surface area contributed by atoms with Gasteiger partial charge in [0.15, 0.2) is 0 Å². The maximum Gasteiger partial charge on any atom is 0.272 e. The van der Waals surface area contributed by atoms with Crippen LogP contribution >= 0.6 is 0 Å². The smallest absolute Gasteiger partial charge is 0.272 e. The third kappa shape index (κ3) is 4.67. The van der Waals surface area contributed by atoms with E-state index < -0.39 is 0 Å². The van der Waals surface area contributed by atoms with E-state index in [0.717, 1.165) is 22.0 Å². The molecule has 0 radical (unpaired) electrons. The number of anilines is 1. The SMILES string of the molecule is CC(=O)N(C)Cc1cccc(NC(=O)c2cc3ccccc3n2Cc2ccccc2)c1. The zero-order valence-electron chi connectivity index (χ0n) is 17.7. The molecule has 0 bridgehead atoms. The molecular weight excluding hydrogens is 386 g/mol. The summed E-state index contributed by atoms with van der Waals surface area (Å²) in [5, 5.41) is 4.05. The number of para-hydroxylation sites is 1. The minimum absolute atomic E-state index is 0.000122. The summed E-state index contributed by atoms with van der Waals surface area (Å²) in [6.07, 6.45) is 0. The van der Waals surface area contributed by atoms with Gasteiger partial charge in [0, 0.05) is 43.7 Å². The standard InChI is InChI=1S/C26H25N3O2/c1-19(30)28(2)17-21-11-8-13-23(15-21)27-26(31)25-16-22-12-6-7-14-24(22)29(25)18-20-9-4-3-5-10-20/h3-16H,17-18H2,1-2H3,(H,27,31). The number of amides is 2. The van der Waals surface area contributed by atoms with Crippen molar-refractivity contribution in [2.24, 2.45) is 0 Å². The fourth-order valence-corrected chi connectivity index (χ4v) is 3.66. The number of nitrogens with one attached hydrogen (secondary N) is 1. The van der Waals surface area contributed by atoms with Gasteiger partial charge in [-0.25, -0.2) is 0 Å². The molecule has 0 saturated carbocycles. The van der Waals surface area contributed by atoms with Crippen molar-refractivity contribution >= 4 is 28.4 Å². The molecule has 31 heavy (non-hydrogen) atoms. The van der Waals surface area contributed by atoms with Gasteiger partial charge in [-0.05, 0) is 35.4 Å². The molecule has 1 heterocycles. The summed E-state index contributed by atoms with van der Waals surface area (Å²) in [5.41, 5.74) is 4.42. The summed E-state index contributed by atoms with van der Waals surface area (Å²) in [6.45, 7) is 2.64. The van der Waals surface area contributed by atoms with Crippen LogP contribution in [-0.4, -0.2) is 28.3 Å². The van der Waals surface area contributed by atoms with E-state index in [2.05, 4.69) is 17.4 Å². The van der Waals surface area contributed by atoms with Gasteiger partial charge >= 0.3 is 0 Å². The first-order valence-electron chi connectivity index (χ1n) is 10.3. The number of carbonyl (C=O) groups excluding carboxylic acids is 2. The molecule has 0 aliphatic rings. The van der Waals surface area contributed by atoms with E-state index in [9.17, 15) is 9.59 Å². The molecule has 5 nitrogen and oxygen atoms in total. The third-order valence-corrected chi connectivity index (χ3v) is 5.37. The number of hydrogen-bond donors (Lipinski definition) is 1. The molecule has 1 N–H and O–H groups in total. The van der Waals surface area contributed by atoms with Crippen LogP contribution in [0.4, 0.5) is 5.69 Å². The molecule has 156 valence electrons. The first-order chi connectivity index (χ1) is 15.0. The number of fused-ring (bicyclic) bond motifs is 1. The molecule has 3 aromatic carbocycles. The summed E-state index contributed by atoms with van der Waals surface area (Å²) < 4.78 is 2.05. The molecule has 4 aromatic rings. The Bertz CT molecular complexity index is 1230. The van der Waals surface area contributed by atoms with E-state index in [4.69, 9.17) is 0 Å². The van der Waals surface area contributed by atoms with E-state index >= 15 is 0 Å². The molecule has 0 spiro atoms. The highest BCUT2D eigenvalue weighted by atomic mass is 16.2. The topological polar surface area (TPSA) is 54.3 Å². The molecule has 4 rings (SSSR count). The minimum Gasteiger partial charge on any atom is -0.342 e. The minimum atomic E-state index is -0.163. The van der Waals surface area contributed by atoms with Crippen molar-refractivity contribution < 1.29 is 9.59 Å². The van der Waals surface area contributed by atoms with E-state index in [1.54, 1.807) is 11.9 Å². The quantitative estimate of drug-likeness (QED) is 0.490. The van der Waals surface area contributed by atoms with Crippen molar-refractivity contribution in [1.82, 2.24) is 9.47 Å². The van der Waals surface area contributed by atoms with Gasteiger partial charge in [-0.2, -0.15) is 0 Å². The first kappa shape index (κ1) is 20.4. The second-order valence-corrected chi connectivity index (χ2v) is 7.69. The Balaban J connectivity index is 1.62. The van der Waals surface area contributed by atoms with Crippen LogP contribution in [0, 0.1) is 0 Å². The molecule has 0 aliphatic heterocycles. The molecule has 2 amide bonds. The van der Waals surface area contributed by atoms with Crippen LogP contribution < -0.4 is 5.32 Å². The van der Waals surface area contributed by atoms with Gasteiger partial charge in [0.1, 0.15) is 5.69 Å². The Morgan fingerprint density at radius 2 is 1.58 bits per heavy atom. The fourth-order valence-electron chi connectivity index (χ4n) is 3.66. The van der Waals surface area contributed by atoms with Crippen molar-refractivity contribution in [3.63, 3.8) is 0 Å². The number of benzene rings is 3. The van der Waals surface area contributed by atoms with Crippen LogP contribution in [0.15, 0.2) is 84.9 Å². The van der Waals surface area contributed by atoms with Gasteiger partial charge in [-0.15, -0.1) is 0 Å². The maximum absolute atomic E-state index is 13.2. The molecule has 5 heteroatoms. The van der Waals surface area contributed by atoms with Gasteiger partial charge in [-0.1, -0.05) is 60.7 Å². The summed E-state index contributed by atoms with van der Waals surface area (Å²) in [4.78, 5) is 26.4. The van der Waals surface area contributed by atoms with Crippen molar-refractivity contribution in [2.45, 2.75) is 20.0 Å². The van der Waals surface area contributed by atoms with E-state index in [1.165, 1.54) is 6.92 Å². The van der Waals surface area contributed by atoms with Gasteiger partial charge < -0.3 is 14.8 Å². The van der Waals surface area contributed by atoms with Gasteiger partial charge in [0.2, 0.25) is 5.91 Å². The molecule has 0 atom stereocenters. The Kier molecular flexibility index (Phi) is 5.85. The highest BCUT2D eigenvalue weighted by molar-refractivity contribution is 6.06. The van der Waals surface area contributed by atoms with Crippen molar-refractivity contribution in [3.8, 4) is 0 Å². The van der Waals surface area contributed by atoms with Crippen LogP contribution in [0.3, 0.4) is 0 Å². The Hall–Kier alpha value is -3.86. The summed E-state index contributed by atoms with van der Waals surface area (Å²) >= 11 is 0. The third-order valence-electron chi connectivity index (χ3n) is 5.37. The summed E-state index contributed by atoms with van der Waals surface area (Å²) in [5.74, 6) is -0.163. The van der Waals surface area contributed by atoms with Gasteiger partial charge in [0.25, 0.3) is 5.91 Å². The normalized spacial score (nSPS) is 10.8. The number of hydrogen-bond acceptors (Lipinski definition) is 2. The lowest BCUT2D eigenvalue weighted by Gasteiger charge is -2.16. The monoisotopic (exact) mass is 411 g/mol. The largest absolute Gasteiger partial charge is 0.342 e. The van der Waals surface area contributed by atoms with E-state index in [0.29, 0.717) is 24.5 Å². The van der Waals surface area contributed by atoms with Gasteiger partial charge in [-0.3, -0.25) is 9.59 Å². The van der Waals surface area contributed by atoms with Crippen LogP contribution in [0.1, 0.15) is 28.5 Å². The number of carbonyl (C=O) groups is 2. The van der Waals surface area contributed by atoms with Gasteiger partial charge in [0.05, 0.1) is 0 Å². The number of rotatable bonds is 6. The first-order valence-corrected chi connectivity index (χ1v) is 10.3. The number of aromatic nitrogens is 1. The molecule has 0 aliphatic carbocycles. The van der Waals surface area contributed by atoms with Crippen LogP contribution in [0.25, 0.3) is 10.9 Å². The van der Waals surface area contributed by atoms with E-state index in [1.807, 2.05) is 77.4 Å². The van der Waals surface area contributed by atoms with Crippen LogP contribution in [0.5, 0.6) is 0 Å². The Morgan fingerprint density at radius 1 is 0.871 bits per heavy atom. The second kappa shape index (κ2) is 8.88. The zero-order chi connectivity index (χ0) is 21.8. The predicted octanol–water partition coefficient (Wildman–Crippen LogP) is 4.92. The average molecular weight is 412 g/mol. The predicted molar refractivity (Wildman–Crippen MR) is 124 cm³/mol. The Morgan fingerprint density at radius 3 is 2.35 bits per heavy atom. The Labute approximate surface area is 181 Å². The van der Waals surface area contributed by atoms with Crippen LogP contribution in [-0.2, 0) is 17.9 Å². The van der Waals surface area contributed by atoms with Crippen molar-refractivity contribution in [3.05, 3.63) is 102 Å². The second-order valence-electron chi connectivity index (χ2n) is 7.69. The zero-order valence-corrected chi connectivity index (χ0v) is 17.7. The lowest BCUT2D eigenvalue weighted by atomic mass is 10.2. The van der Waals surface area contributed by atoms with Crippen molar-refractivity contribution in [2.75, 3.05) is 12.4 Å². The average Bonchev–Trinajstić information content (AvgIpc) is 3.13. The number of nitrogens with zero attached hydrogens (tertiary/aromatic N) is 2. The summed E-state index contributed by atoms with van der Waals surface area (Å²) in [6, 6.07) is 27.7. The summed E-state index contributed by atoms with van der Waals surface area (Å²) in [7, 11) is 1.76. The molecular formula is C26H25N3O2. The molecule has 0 unspecified atom stereocenters. The highest BCUT2D eigenvalue weighted by Crippen LogP contribution is 2.23. The molecule has 0 saturated heterocycles. The van der Waals surface area contributed by atoms with Crippen LogP contribution in [0.2, 0.25) is 0 Å². The lowest BCUT2D eigenvalue weighted by Crippen LogP contribution is -2.23. The lowest BCUT2D eigenvalue weighted by molar-refractivity contribution is -0.128. The molecule has 0 fully saturated rings. The fraction of sp³-hybridized carbons (Fsp3) is 0.154. The van der Waals surface area contributed by atoms with Crippen molar-refractivity contribution in [1.29, 1.82) is 0 Å². The molecule has 1 aromatic heterocycles. The van der Waals surface area contributed by atoms with E-state index in [-0.39, 0.29) is 11.8 Å².